The normalized spacial score (nSPS) is 20.8. The highest BCUT2D eigenvalue weighted by Crippen LogP contribution is 2.18. The summed E-state index contributed by atoms with van der Waals surface area (Å²) < 4.78 is 39.0. The van der Waals surface area contributed by atoms with Gasteiger partial charge in [-0.05, 0) is 13.0 Å². The fraction of sp³-hybridized carbons (Fsp3) is 0.417. The summed E-state index contributed by atoms with van der Waals surface area (Å²) in [5, 5.41) is 17.3. The Kier molecular flexibility index (Phi) is 5.82. The molecule has 0 bridgehead atoms. The van der Waals surface area contributed by atoms with Crippen LogP contribution in [0.3, 0.4) is 0 Å². The van der Waals surface area contributed by atoms with E-state index < -0.39 is 34.8 Å². The lowest BCUT2D eigenvalue weighted by molar-refractivity contribution is 0.0640. The topological polar surface area (TPSA) is 73.4 Å². The van der Waals surface area contributed by atoms with E-state index in [1.807, 2.05) is 0 Å². The molecule has 1 unspecified atom stereocenters. The van der Waals surface area contributed by atoms with Crippen LogP contribution in [-0.4, -0.2) is 36.4 Å². The van der Waals surface area contributed by atoms with Crippen molar-refractivity contribution in [3.63, 3.8) is 0 Å². The number of anilines is 1. The molecule has 0 saturated carbocycles. The number of amides is 2. The Hall–Kier alpha value is -1.51. The van der Waals surface area contributed by atoms with Gasteiger partial charge in [-0.25, -0.2) is 18.0 Å². The minimum atomic E-state index is -1.33. The van der Waals surface area contributed by atoms with Gasteiger partial charge in [0, 0.05) is 25.2 Å². The maximum absolute atomic E-state index is 13.3. The molecule has 1 aromatic rings. The summed E-state index contributed by atoms with van der Waals surface area (Å²) in [7, 11) is 0. The Balaban J connectivity index is 0.00000220. The van der Waals surface area contributed by atoms with Gasteiger partial charge in [-0.1, -0.05) is 0 Å². The first-order chi connectivity index (χ1) is 9.39. The number of benzene rings is 1. The summed E-state index contributed by atoms with van der Waals surface area (Å²) in [4.78, 5) is 11.5. The Morgan fingerprint density at radius 2 is 1.95 bits per heavy atom. The average Bonchev–Trinajstić information content (AvgIpc) is 2.81. The molecule has 1 atom stereocenters. The number of carbonyl (C=O) groups excluding carboxylic acids is 1. The molecule has 1 saturated heterocycles. The van der Waals surface area contributed by atoms with E-state index in [2.05, 4.69) is 16.0 Å². The average molecular weight is 326 g/mol. The third kappa shape index (κ3) is 4.48. The van der Waals surface area contributed by atoms with Gasteiger partial charge in [0.1, 0.15) is 5.82 Å². The van der Waals surface area contributed by atoms with Crippen molar-refractivity contribution in [3.05, 3.63) is 29.6 Å². The molecule has 9 heteroatoms. The molecule has 21 heavy (non-hydrogen) atoms. The van der Waals surface area contributed by atoms with Crippen molar-refractivity contribution >= 4 is 24.1 Å². The summed E-state index contributed by atoms with van der Waals surface area (Å²) in [6.45, 7) is 0.946. The maximum atomic E-state index is 13.3. The smallest absolute Gasteiger partial charge is 0.319 e. The minimum Gasteiger partial charge on any atom is -0.387 e. The van der Waals surface area contributed by atoms with Gasteiger partial charge in [0.05, 0.1) is 11.3 Å². The third-order valence-corrected chi connectivity index (χ3v) is 3.06. The highest BCUT2D eigenvalue weighted by molar-refractivity contribution is 5.89. The van der Waals surface area contributed by atoms with E-state index in [-0.39, 0.29) is 19.0 Å². The second-order valence-corrected chi connectivity index (χ2v) is 4.70. The molecule has 4 N–H and O–H groups in total. The Bertz CT molecular complexity index is 525. The monoisotopic (exact) mass is 325 g/mol. The molecule has 1 aliphatic heterocycles. The number of carbonyl (C=O) groups is 1. The van der Waals surface area contributed by atoms with Crippen molar-refractivity contribution in [1.82, 2.24) is 10.6 Å². The highest BCUT2D eigenvalue weighted by atomic mass is 35.5. The first-order valence-electron chi connectivity index (χ1n) is 6.02. The molecule has 0 spiro atoms. The molecular weight excluding hydrogens is 311 g/mol. The molecule has 0 aromatic heterocycles. The van der Waals surface area contributed by atoms with Crippen LogP contribution in [0.2, 0.25) is 0 Å². The number of nitrogens with one attached hydrogen (secondary N) is 3. The van der Waals surface area contributed by atoms with Crippen LogP contribution in [0.4, 0.5) is 23.7 Å². The lowest BCUT2D eigenvalue weighted by Gasteiger charge is -2.21. The molecule has 0 aliphatic carbocycles. The number of rotatable bonds is 3. The molecule has 118 valence electrons. The summed E-state index contributed by atoms with van der Waals surface area (Å²) in [6.07, 6.45) is 0.479. The molecule has 1 heterocycles. The van der Waals surface area contributed by atoms with Crippen LogP contribution in [0, 0.1) is 17.5 Å². The predicted octanol–water partition coefficient (Wildman–Crippen LogP) is 1.37. The van der Waals surface area contributed by atoms with Crippen LogP contribution in [0.1, 0.15) is 6.42 Å². The minimum absolute atomic E-state index is 0. The molecule has 2 rings (SSSR count). The standard InChI is InChI=1S/C12H14F3N3O2.ClH/c13-7-3-9(15)10(4-8(7)14)18-11(19)17-6-12(20)1-2-16-5-12;/h3-4,16,20H,1-2,5-6H2,(H2,17,18,19);1H. The van der Waals surface area contributed by atoms with Crippen molar-refractivity contribution in [2.75, 3.05) is 25.0 Å². The van der Waals surface area contributed by atoms with Crippen LogP contribution in [0.5, 0.6) is 0 Å². The number of aliphatic hydroxyl groups is 1. The van der Waals surface area contributed by atoms with Gasteiger partial charge in [0.2, 0.25) is 0 Å². The van der Waals surface area contributed by atoms with E-state index in [1.165, 1.54) is 0 Å². The fourth-order valence-corrected chi connectivity index (χ4v) is 1.91. The molecule has 1 aromatic carbocycles. The van der Waals surface area contributed by atoms with Crippen molar-refractivity contribution in [3.8, 4) is 0 Å². The SMILES string of the molecule is Cl.O=C(NCC1(O)CCNC1)Nc1cc(F)c(F)cc1F. The van der Waals surface area contributed by atoms with Crippen molar-refractivity contribution in [1.29, 1.82) is 0 Å². The predicted molar refractivity (Wildman–Crippen MR) is 73.0 cm³/mol. The summed E-state index contributed by atoms with van der Waals surface area (Å²) in [5.41, 5.74) is -1.53. The number of urea groups is 1. The molecule has 5 nitrogen and oxygen atoms in total. The Morgan fingerprint density at radius 1 is 1.29 bits per heavy atom. The lowest BCUT2D eigenvalue weighted by Crippen LogP contribution is -2.45. The van der Waals surface area contributed by atoms with Crippen molar-refractivity contribution in [2.24, 2.45) is 0 Å². The lowest BCUT2D eigenvalue weighted by atomic mass is 10.0. The van der Waals surface area contributed by atoms with E-state index in [9.17, 15) is 23.1 Å². The van der Waals surface area contributed by atoms with Gasteiger partial charge in [0.25, 0.3) is 0 Å². The van der Waals surface area contributed by atoms with Gasteiger partial charge >= 0.3 is 6.03 Å². The Morgan fingerprint density at radius 3 is 2.57 bits per heavy atom. The molecule has 2 amide bonds. The number of hydrogen-bond acceptors (Lipinski definition) is 3. The van der Waals surface area contributed by atoms with Crippen molar-refractivity contribution in [2.45, 2.75) is 12.0 Å². The van der Waals surface area contributed by atoms with E-state index in [0.29, 0.717) is 31.6 Å². The van der Waals surface area contributed by atoms with E-state index >= 15 is 0 Å². The van der Waals surface area contributed by atoms with Gasteiger partial charge < -0.3 is 21.1 Å². The molecule has 0 radical (unpaired) electrons. The quantitative estimate of drug-likeness (QED) is 0.634. The highest BCUT2D eigenvalue weighted by Gasteiger charge is 2.31. The van der Waals surface area contributed by atoms with Crippen LogP contribution in [-0.2, 0) is 0 Å². The number of hydrogen-bond donors (Lipinski definition) is 4. The summed E-state index contributed by atoms with van der Waals surface area (Å²) >= 11 is 0. The molecule has 1 fully saturated rings. The second-order valence-electron chi connectivity index (χ2n) is 4.70. The van der Waals surface area contributed by atoms with Gasteiger partial charge in [-0.15, -0.1) is 12.4 Å². The maximum Gasteiger partial charge on any atom is 0.319 e. The van der Waals surface area contributed by atoms with Crippen LogP contribution in [0.25, 0.3) is 0 Å². The first-order valence-corrected chi connectivity index (χ1v) is 6.02. The summed E-state index contributed by atoms with van der Waals surface area (Å²) in [5.74, 6) is -3.68. The zero-order chi connectivity index (χ0) is 14.8. The van der Waals surface area contributed by atoms with Crippen LogP contribution >= 0.6 is 12.4 Å². The van der Waals surface area contributed by atoms with Crippen molar-refractivity contribution < 1.29 is 23.1 Å². The second kappa shape index (κ2) is 6.97. The molecular formula is C12H15ClF3N3O2. The Labute approximate surface area is 125 Å². The third-order valence-electron chi connectivity index (χ3n) is 3.06. The molecule has 1 aliphatic rings. The van der Waals surface area contributed by atoms with Gasteiger partial charge in [0.15, 0.2) is 11.6 Å². The van der Waals surface area contributed by atoms with Gasteiger partial charge in [-0.3, -0.25) is 0 Å². The van der Waals surface area contributed by atoms with E-state index in [4.69, 9.17) is 0 Å². The fourth-order valence-electron chi connectivity index (χ4n) is 1.91. The zero-order valence-electron chi connectivity index (χ0n) is 10.9. The number of halogens is 4. The van der Waals surface area contributed by atoms with E-state index in [1.54, 1.807) is 0 Å². The van der Waals surface area contributed by atoms with E-state index in [0.717, 1.165) is 0 Å². The number of β-amino-alcohol motifs (C(OH)–C–C–N with tert-alkyl or cyclic N) is 1. The van der Waals surface area contributed by atoms with Gasteiger partial charge in [-0.2, -0.15) is 0 Å². The van der Waals surface area contributed by atoms with Crippen LogP contribution < -0.4 is 16.0 Å². The largest absolute Gasteiger partial charge is 0.387 e. The zero-order valence-corrected chi connectivity index (χ0v) is 11.7. The summed E-state index contributed by atoms with van der Waals surface area (Å²) in [6, 6.07) is 0.0883. The first kappa shape index (κ1) is 17.5. The van der Waals surface area contributed by atoms with Crippen LogP contribution in [0.15, 0.2) is 12.1 Å².